The van der Waals surface area contributed by atoms with Crippen LogP contribution >= 0.6 is 0 Å². The summed E-state index contributed by atoms with van der Waals surface area (Å²) in [6.07, 6.45) is 3.08. The van der Waals surface area contributed by atoms with Crippen LogP contribution < -0.4 is 5.32 Å². The molecule has 1 aromatic carbocycles. The number of nitrogens with zero attached hydrogens (tertiary/aromatic N) is 1. The molecule has 0 heterocycles. The zero-order valence-corrected chi connectivity index (χ0v) is 11.4. The molecule has 0 atom stereocenters. The number of aryl methyl sites for hydroxylation is 1. The van der Waals surface area contributed by atoms with Gasteiger partial charge in [0.2, 0.25) is 0 Å². The Bertz CT molecular complexity index is 528. The van der Waals surface area contributed by atoms with E-state index in [1.807, 2.05) is 0 Å². The molecule has 0 unspecified atom stereocenters. The number of hydrogen-bond acceptors (Lipinski definition) is 3. The second kappa shape index (κ2) is 7.13. The van der Waals surface area contributed by atoms with Gasteiger partial charge in [0.05, 0.1) is 0 Å². The number of anilines is 1. The fraction of sp³-hybridized carbons (Fsp3) is 0.200. The molecule has 0 aliphatic heterocycles. The van der Waals surface area contributed by atoms with Crippen LogP contribution in [0.25, 0.3) is 0 Å². The van der Waals surface area contributed by atoms with Crippen molar-refractivity contribution < 1.29 is 14.7 Å². The molecule has 2 amide bonds. The number of carbonyl (C=O) groups is 2. The van der Waals surface area contributed by atoms with Gasteiger partial charge in [0.25, 0.3) is 0 Å². The van der Waals surface area contributed by atoms with Crippen molar-refractivity contribution in [3.8, 4) is 5.75 Å². The summed E-state index contributed by atoms with van der Waals surface area (Å²) >= 11 is 0. The predicted octanol–water partition coefficient (Wildman–Crippen LogP) is 1.84. The maximum absolute atomic E-state index is 12.0. The number of rotatable bonds is 5. The first-order valence-electron chi connectivity index (χ1n) is 6.11. The molecule has 5 nitrogen and oxygen atoms in total. The second-order valence-electron chi connectivity index (χ2n) is 4.24. The van der Waals surface area contributed by atoms with Crippen LogP contribution in [0.4, 0.5) is 5.69 Å². The highest BCUT2D eigenvalue weighted by Crippen LogP contribution is 2.20. The van der Waals surface area contributed by atoms with E-state index in [0.29, 0.717) is 11.3 Å². The summed E-state index contributed by atoms with van der Waals surface area (Å²) < 4.78 is 0. The predicted molar refractivity (Wildman–Crippen MR) is 78.4 cm³/mol. The van der Waals surface area contributed by atoms with Gasteiger partial charge in [-0.25, -0.2) is 0 Å². The molecular formula is C15H18N2O3. The van der Waals surface area contributed by atoms with E-state index in [-0.39, 0.29) is 18.8 Å². The Balaban J connectivity index is 2.80. The normalized spacial score (nSPS) is 9.65. The number of carbonyl (C=O) groups excluding carboxylic acids is 2. The van der Waals surface area contributed by atoms with E-state index in [9.17, 15) is 14.7 Å². The number of amides is 2. The average Bonchev–Trinajstić information content (AvgIpc) is 2.40. The Morgan fingerprint density at radius 2 is 1.90 bits per heavy atom. The lowest BCUT2D eigenvalue weighted by molar-refractivity contribution is -0.142. The van der Waals surface area contributed by atoms with Gasteiger partial charge in [-0.05, 0) is 30.7 Å². The number of hydrogen-bond donors (Lipinski definition) is 2. The van der Waals surface area contributed by atoms with Crippen molar-refractivity contribution in [1.29, 1.82) is 0 Å². The summed E-state index contributed by atoms with van der Waals surface area (Å²) in [6.45, 7) is 9.36. The lowest BCUT2D eigenvalue weighted by atomic mass is 10.2. The topological polar surface area (TPSA) is 69.6 Å². The van der Waals surface area contributed by atoms with Crippen LogP contribution in [-0.4, -0.2) is 34.9 Å². The molecule has 0 spiro atoms. The highest BCUT2D eigenvalue weighted by atomic mass is 16.3. The second-order valence-corrected chi connectivity index (χ2v) is 4.24. The Kier molecular flexibility index (Phi) is 5.53. The van der Waals surface area contributed by atoms with Crippen molar-refractivity contribution in [2.75, 3.05) is 18.4 Å². The smallest absolute Gasteiger partial charge is 0.313 e. The maximum Gasteiger partial charge on any atom is 0.313 e. The van der Waals surface area contributed by atoms with E-state index in [2.05, 4.69) is 18.5 Å². The van der Waals surface area contributed by atoms with E-state index >= 15 is 0 Å². The van der Waals surface area contributed by atoms with Gasteiger partial charge < -0.3 is 15.3 Å². The Morgan fingerprint density at radius 3 is 2.40 bits per heavy atom. The molecule has 0 saturated heterocycles. The third kappa shape index (κ3) is 3.98. The largest absolute Gasteiger partial charge is 0.508 e. The molecule has 0 saturated carbocycles. The molecule has 0 radical (unpaired) electrons. The van der Waals surface area contributed by atoms with Crippen molar-refractivity contribution in [1.82, 2.24) is 4.90 Å². The van der Waals surface area contributed by atoms with Gasteiger partial charge in [-0.2, -0.15) is 0 Å². The first-order chi connectivity index (χ1) is 9.49. The van der Waals surface area contributed by atoms with Gasteiger partial charge in [-0.1, -0.05) is 12.2 Å². The van der Waals surface area contributed by atoms with E-state index in [1.165, 1.54) is 17.0 Å². The van der Waals surface area contributed by atoms with Gasteiger partial charge >= 0.3 is 11.8 Å². The Labute approximate surface area is 118 Å². The van der Waals surface area contributed by atoms with E-state index < -0.39 is 11.8 Å². The molecular weight excluding hydrogens is 256 g/mol. The monoisotopic (exact) mass is 274 g/mol. The average molecular weight is 274 g/mol. The van der Waals surface area contributed by atoms with Gasteiger partial charge in [-0.3, -0.25) is 9.59 Å². The van der Waals surface area contributed by atoms with Gasteiger partial charge in [0.15, 0.2) is 0 Å². The van der Waals surface area contributed by atoms with E-state index in [1.54, 1.807) is 25.1 Å². The molecule has 1 rings (SSSR count). The van der Waals surface area contributed by atoms with Crippen molar-refractivity contribution >= 4 is 17.5 Å². The molecule has 5 heteroatoms. The minimum Gasteiger partial charge on any atom is -0.508 e. The molecule has 0 aromatic heterocycles. The summed E-state index contributed by atoms with van der Waals surface area (Å²) in [5, 5.41) is 11.8. The lowest BCUT2D eigenvalue weighted by Gasteiger charge is -2.18. The van der Waals surface area contributed by atoms with Crippen LogP contribution in [-0.2, 0) is 9.59 Å². The third-order valence-electron chi connectivity index (χ3n) is 2.64. The van der Waals surface area contributed by atoms with Crippen LogP contribution in [0, 0.1) is 6.92 Å². The third-order valence-corrected chi connectivity index (χ3v) is 2.64. The van der Waals surface area contributed by atoms with Crippen LogP contribution in [0.15, 0.2) is 43.5 Å². The molecule has 2 N–H and O–H groups in total. The van der Waals surface area contributed by atoms with Crippen molar-refractivity contribution in [2.24, 2.45) is 0 Å². The zero-order valence-electron chi connectivity index (χ0n) is 11.4. The zero-order chi connectivity index (χ0) is 15.1. The van der Waals surface area contributed by atoms with Gasteiger partial charge in [0, 0.05) is 18.8 Å². The summed E-state index contributed by atoms with van der Waals surface area (Å²) in [7, 11) is 0. The molecule has 106 valence electrons. The first-order valence-corrected chi connectivity index (χ1v) is 6.11. The summed E-state index contributed by atoms with van der Waals surface area (Å²) in [4.78, 5) is 25.2. The standard InChI is InChI=1S/C15H18N2O3/c1-4-8-17(9-5-2)15(20)14(19)16-13-7-6-12(18)10-11(13)3/h4-7,10,18H,1-2,8-9H2,3H3,(H,16,19). The van der Waals surface area contributed by atoms with Gasteiger partial charge in [0.1, 0.15) is 5.75 Å². The number of phenolic OH excluding ortho intramolecular Hbond substituents is 1. The van der Waals surface area contributed by atoms with Crippen LogP contribution in [0.3, 0.4) is 0 Å². The quantitative estimate of drug-likeness (QED) is 0.489. The van der Waals surface area contributed by atoms with Crippen LogP contribution in [0.2, 0.25) is 0 Å². The number of aromatic hydroxyl groups is 1. The maximum atomic E-state index is 12.0. The Hall–Kier alpha value is -2.56. The van der Waals surface area contributed by atoms with Crippen molar-refractivity contribution in [2.45, 2.75) is 6.92 Å². The van der Waals surface area contributed by atoms with Gasteiger partial charge in [-0.15, -0.1) is 13.2 Å². The molecule has 0 bridgehead atoms. The van der Waals surface area contributed by atoms with Crippen molar-refractivity contribution in [3.05, 3.63) is 49.1 Å². The fourth-order valence-corrected chi connectivity index (χ4v) is 1.66. The number of phenols is 1. The van der Waals surface area contributed by atoms with E-state index in [0.717, 1.165) is 0 Å². The minimum atomic E-state index is -0.734. The molecule has 1 aromatic rings. The SMILES string of the molecule is C=CCN(CC=C)C(=O)C(=O)Nc1ccc(O)cc1C. The summed E-state index contributed by atoms with van der Waals surface area (Å²) in [5.74, 6) is -1.29. The molecule has 20 heavy (non-hydrogen) atoms. The number of nitrogens with one attached hydrogen (secondary N) is 1. The van der Waals surface area contributed by atoms with Crippen molar-refractivity contribution in [3.63, 3.8) is 0 Å². The van der Waals surface area contributed by atoms with Crippen LogP contribution in [0.1, 0.15) is 5.56 Å². The summed E-state index contributed by atoms with van der Waals surface area (Å²) in [6, 6.07) is 4.49. The number of benzene rings is 1. The first kappa shape index (κ1) is 15.5. The summed E-state index contributed by atoms with van der Waals surface area (Å²) in [5.41, 5.74) is 1.16. The molecule has 0 aliphatic carbocycles. The Morgan fingerprint density at radius 1 is 1.30 bits per heavy atom. The molecule has 0 aliphatic rings. The minimum absolute atomic E-state index is 0.103. The molecule has 0 fully saturated rings. The lowest BCUT2D eigenvalue weighted by Crippen LogP contribution is -2.40. The highest BCUT2D eigenvalue weighted by Gasteiger charge is 2.20. The highest BCUT2D eigenvalue weighted by molar-refractivity contribution is 6.39. The van der Waals surface area contributed by atoms with Crippen LogP contribution in [0.5, 0.6) is 5.75 Å². The fourth-order valence-electron chi connectivity index (χ4n) is 1.66. The van der Waals surface area contributed by atoms with E-state index in [4.69, 9.17) is 0 Å².